The molecule has 0 bridgehead atoms. The standard InChI is InChI=1S/C28H28N2O3/c1-5-9-22-14-20(15-24(17-29)28(31)30-19(2)3)16-26(32-4)27(22)33-18-23-12-8-11-21-10-6-7-13-25(21)23/h5-8,10-16,19H,1,9,18H2,2-4H3,(H,30,31)/b24-15-. The molecule has 0 radical (unpaired) electrons. The van der Waals surface area contributed by atoms with E-state index in [1.165, 1.54) is 0 Å². The second kappa shape index (κ2) is 11.0. The number of nitriles is 1. The predicted molar refractivity (Wildman–Crippen MR) is 132 cm³/mol. The lowest BCUT2D eigenvalue weighted by Crippen LogP contribution is -2.30. The summed E-state index contributed by atoms with van der Waals surface area (Å²) in [4.78, 5) is 12.3. The molecule has 0 fully saturated rings. The van der Waals surface area contributed by atoms with Crippen LogP contribution in [0.25, 0.3) is 16.8 Å². The van der Waals surface area contributed by atoms with Gasteiger partial charge in [0.1, 0.15) is 18.2 Å². The number of fused-ring (bicyclic) bond motifs is 1. The van der Waals surface area contributed by atoms with Gasteiger partial charge in [-0.05, 0) is 60.4 Å². The molecule has 0 saturated carbocycles. The fourth-order valence-electron chi connectivity index (χ4n) is 3.61. The number of nitrogens with one attached hydrogen (secondary N) is 1. The fourth-order valence-corrected chi connectivity index (χ4v) is 3.61. The van der Waals surface area contributed by atoms with Gasteiger partial charge in [0.05, 0.1) is 7.11 Å². The first-order valence-corrected chi connectivity index (χ1v) is 10.8. The number of carbonyl (C=O) groups is 1. The number of rotatable bonds is 9. The van der Waals surface area contributed by atoms with Crippen LogP contribution in [0.2, 0.25) is 0 Å². The zero-order chi connectivity index (χ0) is 23.8. The molecule has 5 nitrogen and oxygen atoms in total. The van der Waals surface area contributed by atoms with Crippen molar-refractivity contribution in [2.24, 2.45) is 0 Å². The zero-order valence-corrected chi connectivity index (χ0v) is 19.2. The summed E-state index contributed by atoms with van der Waals surface area (Å²) in [5, 5.41) is 14.5. The van der Waals surface area contributed by atoms with Crippen molar-refractivity contribution in [3.8, 4) is 17.6 Å². The first kappa shape index (κ1) is 23.6. The number of benzene rings is 3. The molecule has 1 N–H and O–H groups in total. The predicted octanol–water partition coefficient (Wildman–Crippen LogP) is 5.59. The minimum atomic E-state index is -0.409. The molecule has 0 aliphatic heterocycles. The minimum Gasteiger partial charge on any atom is -0.493 e. The van der Waals surface area contributed by atoms with Gasteiger partial charge >= 0.3 is 0 Å². The van der Waals surface area contributed by atoms with Crippen LogP contribution in [0.1, 0.15) is 30.5 Å². The molecule has 168 valence electrons. The number of carbonyl (C=O) groups excluding carboxylic acids is 1. The van der Waals surface area contributed by atoms with Crippen LogP contribution in [0.3, 0.4) is 0 Å². The van der Waals surface area contributed by atoms with Gasteiger partial charge in [-0.3, -0.25) is 4.79 Å². The Hall–Kier alpha value is -4.04. The van der Waals surface area contributed by atoms with Crippen LogP contribution >= 0.6 is 0 Å². The van der Waals surface area contributed by atoms with Gasteiger partial charge in [0.2, 0.25) is 0 Å². The highest BCUT2D eigenvalue weighted by Crippen LogP contribution is 2.35. The van der Waals surface area contributed by atoms with E-state index in [0.29, 0.717) is 30.1 Å². The van der Waals surface area contributed by atoms with Crippen molar-refractivity contribution in [2.45, 2.75) is 32.9 Å². The highest BCUT2D eigenvalue weighted by atomic mass is 16.5. The first-order valence-electron chi connectivity index (χ1n) is 10.8. The van der Waals surface area contributed by atoms with Crippen molar-refractivity contribution in [1.29, 1.82) is 5.26 Å². The Balaban J connectivity index is 1.96. The van der Waals surface area contributed by atoms with Crippen LogP contribution in [0.15, 0.2) is 72.8 Å². The van der Waals surface area contributed by atoms with Crippen LogP contribution < -0.4 is 14.8 Å². The Labute approximate surface area is 195 Å². The maximum atomic E-state index is 12.3. The average molecular weight is 441 g/mol. The van der Waals surface area contributed by atoms with Crippen LogP contribution in [-0.2, 0) is 17.8 Å². The normalized spacial score (nSPS) is 11.2. The van der Waals surface area contributed by atoms with Gasteiger partial charge in [0, 0.05) is 11.6 Å². The molecule has 33 heavy (non-hydrogen) atoms. The van der Waals surface area contributed by atoms with Crippen molar-refractivity contribution < 1.29 is 14.3 Å². The van der Waals surface area contributed by atoms with Crippen LogP contribution in [0.4, 0.5) is 0 Å². The van der Waals surface area contributed by atoms with E-state index in [1.807, 2.05) is 50.2 Å². The van der Waals surface area contributed by atoms with Gasteiger partial charge < -0.3 is 14.8 Å². The van der Waals surface area contributed by atoms with E-state index in [0.717, 1.165) is 21.9 Å². The highest BCUT2D eigenvalue weighted by molar-refractivity contribution is 6.01. The lowest BCUT2D eigenvalue weighted by atomic mass is 10.0. The van der Waals surface area contributed by atoms with E-state index in [1.54, 1.807) is 25.3 Å². The fraction of sp³-hybridized carbons (Fsp3) is 0.214. The summed E-state index contributed by atoms with van der Waals surface area (Å²) in [6.07, 6.45) is 3.88. The van der Waals surface area contributed by atoms with E-state index in [-0.39, 0.29) is 11.6 Å². The SMILES string of the molecule is C=CCc1cc(/C=C(/C#N)C(=O)NC(C)C)cc(OC)c1OCc1cccc2ccccc12. The summed E-state index contributed by atoms with van der Waals surface area (Å²) in [5.74, 6) is 0.739. The topological polar surface area (TPSA) is 71.4 Å². The molecule has 1 amide bonds. The lowest BCUT2D eigenvalue weighted by molar-refractivity contribution is -0.117. The van der Waals surface area contributed by atoms with E-state index in [2.05, 4.69) is 30.1 Å². The molecule has 3 aromatic carbocycles. The van der Waals surface area contributed by atoms with Gasteiger partial charge in [-0.15, -0.1) is 6.58 Å². The molecule has 0 aliphatic rings. The maximum Gasteiger partial charge on any atom is 0.262 e. The maximum absolute atomic E-state index is 12.3. The summed E-state index contributed by atoms with van der Waals surface area (Å²) in [7, 11) is 1.57. The Morgan fingerprint density at radius 1 is 1.15 bits per heavy atom. The van der Waals surface area contributed by atoms with E-state index >= 15 is 0 Å². The van der Waals surface area contributed by atoms with Crippen molar-refractivity contribution in [2.75, 3.05) is 7.11 Å². The van der Waals surface area contributed by atoms with Gasteiger partial charge in [-0.2, -0.15) is 5.26 Å². The third-order valence-electron chi connectivity index (χ3n) is 5.09. The van der Waals surface area contributed by atoms with Gasteiger partial charge in [-0.25, -0.2) is 0 Å². The monoisotopic (exact) mass is 440 g/mol. The molecule has 0 heterocycles. The third kappa shape index (κ3) is 5.81. The molecule has 3 aromatic rings. The number of methoxy groups -OCH3 is 1. The number of hydrogen-bond acceptors (Lipinski definition) is 4. The molecule has 0 unspecified atom stereocenters. The molecule has 0 aliphatic carbocycles. The minimum absolute atomic E-state index is 0.0275. The average Bonchev–Trinajstić information content (AvgIpc) is 2.81. The molecular weight excluding hydrogens is 412 g/mol. The third-order valence-corrected chi connectivity index (χ3v) is 5.09. The number of nitrogens with zero attached hydrogens (tertiary/aromatic N) is 1. The van der Waals surface area contributed by atoms with E-state index < -0.39 is 5.91 Å². The Morgan fingerprint density at radius 2 is 1.91 bits per heavy atom. The van der Waals surface area contributed by atoms with E-state index in [9.17, 15) is 10.1 Å². The number of allylic oxidation sites excluding steroid dienone is 1. The van der Waals surface area contributed by atoms with Crippen molar-refractivity contribution in [1.82, 2.24) is 5.32 Å². The summed E-state index contributed by atoms with van der Waals surface area (Å²) >= 11 is 0. The Kier molecular flexibility index (Phi) is 7.88. The Bertz CT molecular complexity index is 1230. The van der Waals surface area contributed by atoms with Crippen molar-refractivity contribution in [3.05, 3.63) is 89.5 Å². The summed E-state index contributed by atoms with van der Waals surface area (Å²) in [6.45, 7) is 7.92. The quantitative estimate of drug-likeness (QED) is 0.268. The molecule has 0 spiro atoms. The second-order valence-electron chi connectivity index (χ2n) is 7.93. The zero-order valence-electron chi connectivity index (χ0n) is 19.2. The first-order chi connectivity index (χ1) is 16.0. The summed E-state index contributed by atoms with van der Waals surface area (Å²) < 4.78 is 11.9. The molecule has 0 aromatic heterocycles. The second-order valence-corrected chi connectivity index (χ2v) is 7.93. The van der Waals surface area contributed by atoms with E-state index in [4.69, 9.17) is 9.47 Å². The largest absolute Gasteiger partial charge is 0.493 e. The highest BCUT2D eigenvalue weighted by Gasteiger charge is 2.15. The summed E-state index contributed by atoms with van der Waals surface area (Å²) in [6, 6.07) is 19.9. The van der Waals surface area contributed by atoms with Gasteiger partial charge in [-0.1, -0.05) is 48.5 Å². The number of ether oxygens (including phenoxy) is 2. The molecule has 0 atom stereocenters. The van der Waals surface area contributed by atoms with Gasteiger partial charge in [0.25, 0.3) is 5.91 Å². The lowest BCUT2D eigenvalue weighted by Gasteiger charge is -2.17. The molecule has 0 saturated heterocycles. The van der Waals surface area contributed by atoms with Crippen molar-refractivity contribution in [3.63, 3.8) is 0 Å². The molecule has 3 rings (SSSR count). The van der Waals surface area contributed by atoms with Gasteiger partial charge in [0.15, 0.2) is 11.5 Å². The van der Waals surface area contributed by atoms with Crippen LogP contribution in [0.5, 0.6) is 11.5 Å². The smallest absolute Gasteiger partial charge is 0.262 e. The molecule has 5 heteroatoms. The summed E-state index contributed by atoms with van der Waals surface area (Å²) in [5.41, 5.74) is 2.63. The Morgan fingerprint density at radius 3 is 2.61 bits per heavy atom. The van der Waals surface area contributed by atoms with Crippen LogP contribution in [0, 0.1) is 11.3 Å². The number of amides is 1. The van der Waals surface area contributed by atoms with Crippen molar-refractivity contribution >= 4 is 22.8 Å². The molecular formula is C28H28N2O3. The number of hydrogen-bond donors (Lipinski definition) is 1. The van der Waals surface area contributed by atoms with Crippen LogP contribution in [-0.4, -0.2) is 19.1 Å².